The summed E-state index contributed by atoms with van der Waals surface area (Å²) in [7, 11) is 1.67. The quantitative estimate of drug-likeness (QED) is 0.582. The molecule has 3 heteroatoms. The molecule has 0 amide bonds. The molecule has 25 heavy (non-hydrogen) atoms. The molecule has 0 atom stereocenters. The van der Waals surface area contributed by atoms with Crippen LogP contribution in [0.2, 0.25) is 0 Å². The number of methoxy groups -OCH3 is 1. The molecule has 0 fully saturated rings. The van der Waals surface area contributed by atoms with Gasteiger partial charge in [-0.25, -0.2) is 0 Å². The highest BCUT2D eigenvalue weighted by atomic mass is 16.5. The fourth-order valence-corrected chi connectivity index (χ4v) is 2.57. The van der Waals surface area contributed by atoms with Gasteiger partial charge in [-0.15, -0.1) is 6.42 Å². The first-order valence-electron chi connectivity index (χ1n) is 7.97. The van der Waals surface area contributed by atoms with E-state index in [0.29, 0.717) is 0 Å². The van der Waals surface area contributed by atoms with Crippen LogP contribution in [0.5, 0.6) is 11.5 Å². The van der Waals surface area contributed by atoms with Gasteiger partial charge in [-0.1, -0.05) is 24.1 Å². The van der Waals surface area contributed by atoms with Crippen molar-refractivity contribution in [1.29, 1.82) is 0 Å². The zero-order valence-corrected chi connectivity index (χ0v) is 14.1. The third kappa shape index (κ3) is 3.94. The van der Waals surface area contributed by atoms with Crippen LogP contribution >= 0.6 is 0 Å². The van der Waals surface area contributed by atoms with E-state index in [9.17, 15) is 0 Å². The van der Waals surface area contributed by atoms with Gasteiger partial charge in [0.25, 0.3) is 0 Å². The van der Waals surface area contributed by atoms with E-state index in [1.807, 2.05) is 66.7 Å². The number of hydrogen-bond acceptors (Lipinski definition) is 3. The molecule has 0 aliphatic heterocycles. The van der Waals surface area contributed by atoms with Crippen molar-refractivity contribution in [2.45, 2.75) is 0 Å². The highest BCUT2D eigenvalue weighted by Gasteiger charge is 2.12. The average Bonchev–Trinajstić information content (AvgIpc) is 2.69. The highest BCUT2D eigenvalue weighted by molar-refractivity contribution is 5.76. The van der Waals surface area contributed by atoms with Gasteiger partial charge >= 0.3 is 0 Å². The van der Waals surface area contributed by atoms with Crippen LogP contribution in [-0.2, 0) is 0 Å². The summed E-state index contributed by atoms with van der Waals surface area (Å²) in [6, 6.07) is 26.1. The Hall–Kier alpha value is -3.38. The first-order chi connectivity index (χ1) is 12.3. The lowest BCUT2D eigenvalue weighted by Crippen LogP contribution is -2.09. The first-order valence-corrected chi connectivity index (χ1v) is 7.97. The van der Waals surface area contributed by atoms with Crippen LogP contribution in [0, 0.1) is 12.3 Å². The third-order valence-corrected chi connectivity index (χ3v) is 3.76. The fourth-order valence-electron chi connectivity index (χ4n) is 2.57. The molecule has 0 unspecified atom stereocenters. The smallest absolute Gasteiger partial charge is 0.148 e. The van der Waals surface area contributed by atoms with E-state index in [1.165, 1.54) is 0 Å². The van der Waals surface area contributed by atoms with E-state index in [-0.39, 0.29) is 6.61 Å². The Morgan fingerprint density at radius 2 is 1.28 bits per heavy atom. The molecule has 124 valence electrons. The van der Waals surface area contributed by atoms with Gasteiger partial charge in [0.05, 0.1) is 7.11 Å². The molecule has 3 nitrogen and oxygen atoms in total. The van der Waals surface area contributed by atoms with Crippen LogP contribution in [0.3, 0.4) is 0 Å². The summed E-state index contributed by atoms with van der Waals surface area (Å²) >= 11 is 0. The Kier molecular flexibility index (Phi) is 5.23. The number of anilines is 3. The molecule has 0 radical (unpaired) electrons. The van der Waals surface area contributed by atoms with E-state index < -0.39 is 0 Å². The first kappa shape index (κ1) is 16.5. The predicted molar refractivity (Wildman–Crippen MR) is 102 cm³/mol. The Morgan fingerprint density at radius 1 is 0.760 bits per heavy atom. The van der Waals surface area contributed by atoms with Gasteiger partial charge in [-0.05, 0) is 60.7 Å². The maximum Gasteiger partial charge on any atom is 0.148 e. The molecule has 0 aliphatic rings. The molecule has 3 aromatic rings. The van der Waals surface area contributed by atoms with Gasteiger partial charge in [-0.3, -0.25) is 0 Å². The molecule has 0 bridgehead atoms. The van der Waals surface area contributed by atoms with E-state index in [0.717, 1.165) is 28.6 Å². The highest BCUT2D eigenvalue weighted by Crippen LogP contribution is 2.35. The SMILES string of the molecule is C#CCOc1ccc(N(c2ccccc2)c2ccc(OC)cc2)cc1. The number of para-hydroxylation sites is 1. The summed E-state index contributed by atoms with van der Waals surface area (Å²) in [6.07, 6.45) is 5.24. The Balaban J connectivity index is 1.97. The lowest BCUT2D eigenvalue weighted by molar-refractivity contribution is 0.370. The molecular formula is C22H19NO2. The zero-order valence-electron chi connectivity index (χ0n) is 14.1. The Labute approximate surface area is 148 Å². The number of nitrogens with zero attached hydrogens (tertiary/aromatic N) is 1. The van der Waals surface area contributed by atoms with E-state index in [4.69, 9.17) is 15.9 Å². The van der Waals surface area contributed by atoms with Crippen molar-refractivity contribution in [3.63, 3.8) is 0 Å². The molecule has 0 saturated carbocycles. The normalized spacial score (nSPS) is 9.92. The summed E-state index contributed by atoms with van der Waals surface area (Å²) in [6.45, 7) is 0.264. The summed E-state index contributed by atoms with van der Waals surface area (Å²) in [4.78, 5) is 2.17. The van der Waals surface area contributed by atoms with Crippen molar-refractivity contribution >= 4 is 17.1 Å². The molecular weight excluding hydrogens is 310 g/mol. The number of hydrogen-bond donors (Lipinski definition) is 0. The van der Waals surface area contributed by atoms with Crippen LogP contribution < -0.4 is 14.4 Å². The van der Waals surface area contributed by atoms with Gasteiger partial charge in [0.2, 0.25) is 0 Å². The van der Waals surface area contributed by atoms with Crippen LogP contribution in [0.4, 0.5) is 17.1 Å². The van der Waals surface area contributed by atoms with Crippen molar-refractivity contribution in [3.05, 3.63) is 78.9 Å². The number of rotatable bonds is 6. The van der Waals surface area contributed by atoms with Crippen molar-refractivity contribution in [3.8, 4) is 23.8 Å². The summed E-state index contributed by atoms with van der Waals surface area (Å²) in [5.74, 6) is 4.05. The fraction of sp³-hybridized carbons (Fsp3) is 0.0909. The molecule has 0 spiro atoms. The topological polar surface area (TPSA) is 21.7 Å². The number of terminal acetylenes is 1. The maximum atomic E-state index is 5.46. The monoisotopic (exact) mass is 329 g/mol. The average molecular weight is 329 g/mol. The minimum absolute atomic E-state index is 0.264. The molecule has 0 aliphatic carbocycles. The molecule has 3 rings (SSSR count). The van der Waals surface area contributed by atoms with Crippen LogP contribution in [0.1, 0.15) is 0 Å². The van der Waals surface area contributed by atoms with Gasteiger partial charge in [-0.2, -0.15) is 0 Å². The van der Waals surface area contributed by atoms with Gasteiger partial charge < -0.3 is 14.4 Å². The molecule has 0 N–H and O–H groups in total. The molecule has 0 aromatic heterocycles. The van der Waals surface area contributed by atoms with Crippen molar-refractivity contribution < 1.29 is 9.47 Å². The van der Waals surface area contributed by atoms with Crippen LogP contribution in [0.15, 0.2) is 78.9 Å². The largest absolute Gasteiger partial charge is 0.497 e. The second-order valence-corrected chi connectivity index (χ2v) is 5.36. The lowest BCUT2D eigenvalue weighted by Gasteiger charge is -2.25. The molecule has 0 heterocycles. The summed E-state index contributed by atoms with van der Waals surface area (Å²) in [5.41, 5.74) is 3.15. The van der Waals surface area contributed by atoms with E-state index >= 15 is 0 Å². The predicted octanol–water partition coefficient (Wildman–Crippen LogP) is 5.18. The van der Waals surface area contributed by atoms with Crippen molar-refractivity contribution in [2.75, 3.05) is 18.6 Å². The molecule has 0 saturated heterocycles. The lowest BCUT2D eigenvalue weighted by atomic mass is 10.2. The number of ether oxygens (including phenoxy) is 2. The summed E-state index contributed by atoms with van der Waals surface area (Å²) < 4.78 is 10.7. The van der Waals surface area contributed by atoms with Gasteiger partial charge in [0, 0.05) is 17.1 Å². The summed E-state index contributed by atoms with van der Waals surface area (Å²) in [5, 5.41) is 0. The van der Waals surface area contributed by atoms with Gasteiger partial charge in [0.15, 0.2) is 0 Å². The minimum Gasteiger partial charge on any atom is -0.497 e. The maximum absolute atomic E-state index is 5.46. The van der Waals surface area contributed by atoms with Crippen LogP contribution in [-0.4, -0.2) is 13.7 Å². The zero-order chi connectivity index (χ0) is 17.5. The second kappa shape index (κ2) is 7.94. The van der Waals surface area contributed by atoms with Crippen molar-refractivity contribution in [2.24, 2.45) is 0 Å². The second-order valence-electron chi connectivity index (χ2n) is 5.36. The standard InChI is InChI=1S/C22H19NO2/c1-3-17-25-22-15-11-20(12-16-22)23(18-7-5-4-6-8-18)19-9-13-21(24-2)14-10-19/h1,4-16H,17H2,2H3. The van der Waals surface area contributed by atoms with Crippen molar-refractivity contribution in [1.82, 2.24) is 0 Å². The Morgan fingerprint density at radius 3 is 1.80 bits per heavy atom. The van der Waals surface area contributed by atoms with Gasteiger partial charge in [0.1, 0.15) is 18.1 Å². The van der Waals surface area contributed by atoms with Crippen LogP contribution in [0.25, 0.3) is 0 Å². The molecule has 3 aromatic carbocycles. The minimum atomic E-state index is 0.264. The van der Waals surface area contributed by atoms with E-state index in [2.05, 4.69) is 23.0 Å². The number of benzene rings is 3. The Bertz CT molecular complexity index is 834. The van der Waals surface area contributed by atoms with E-state index in [1.54, 1.807) is 7.11 Å². The third-order valence-electron chi connectivity index (χ3n) is 3.76.